The summed E-state index contributed by atoms with van der Waals surface area (Å²) in [5.41, 5.74) is 2.70. The van der Waals surface area contributed by atoms with E-state index in [0.29, 0.717) is 22.7 Å². The van der Waals surface area contributed by atoms with Crippen LogP contribution in [0.15, 0.2) is 65.1 Å². The molecule has 0 fully saturated rings. The van der Waals surface area contributed by atoms with Crippen molar-refractivity contribution >= 4 is 34.1 Å². The van der Waals surface area contributed by atoms with Crippen molar-refractivity contribution in [2.24, 2.45) is 0 Å². The number of benzene rings is 2. The number of carbonyl (C=O) groups is 1. The maximum atomic E-state index is 13.3. The molecule has 0 saturated heterocycles. The monoisotopic (exact) mass is 439 g/mol. The van der Waals surface area contributed by atoms with Gasteiger partial charge in [0.15, 0.2) is 16.1 Å². The molecule has 2 aromatic heterocycles. The van der Waals surface area contributed by atoms with Crippen molar-refractivity contribution in [3.05, 3.63) is 77.1 Å². The molecule has 0 unspecified atom stereocenters. The van der Waals surface area contributed by atoms with Crippen LogP contribution in [0.3, 0.4) is 0 Å². The number of aromatic nitrogens is 4. The van der Waals surface area contributed by atoms with Gasteiger partial charge in [-0.1, -0.05) is 42.1 Å². The fourth-order valence-corrected chi connectivity index (χ4v) is 4.26. The molecule has 2 heterocycles. The number of nitrogens with zero attached hydrogens (tertiary/aromatic N) is 4. The van der Waals surface area contributed by atoms with E-state index in [1.165, 1.54) is 35.2 Å². The summed E-state index contributed by atoms with van der Waals surface area (Å²) in [7, 11) is 0. The second-order valence-corrected chi connectivity index (χ2v) is 8.32. The molecule has 0 bridgehead atoms. The fraction of sp³-hybridized carbons (Fsp3) is 0.143. The predicted octanol–water partition coefficient (Wildman–Crippen LogP) is 4.63. The Morgan fingerprint density at radius 3 is 2.60 bits per heavy atom. The minimum Gasteiger partial charge on any atom is -0.301 e. The Kier molecular flexibility index (Phi) is 6.20. The Balaban J connectivity index is 1.55. The first-order valence-electron chi connectivity index (χ1n) is 9.16. The highest BCUT2D eigenvalue weighted by Gasteiger charge is 2.17. The fourth-order valence-electron chi connectivity index (χ4n) is 2.81. The zero-order valence-corrected chi connectivity index (χ0v) is 17.7. The summed E-state index contributed by atoms with van der Waals surface area (Å²) in [6, 6.07) is 16.1. The number of anilines is 1. The normalized spacial score (nSPS) is 10.9. The van der Waals surface area contributed by atoms with Crippen molar-refractivity contribution in [3.8, 4) is 11.4 Å². The van der Waals surface area contributed by atoms with E-state index in [4.69, 9.17) is 0 Å². The van der Waals surface area contributed by atoms with Gasteiger partial charge in [-0.05, 0) is 36.8 Å². The van der Waals surface area contributed by atoms with E-state index in [-0.39, 0.29) is 17.5 Å². The molecule has 0 radical (unpaired) electrons. The third-order valence-corrected chi connectivity index (χ3v) is 6.04. The van der Waals surface area contributed by atoms with Crippen LogP contribution in [0.1, 0.15) is 11.3 Å². The average molecular weight is 440 g/mol. The molecule has 0 aliphatic heterocycles. The summed E-state index contributed by atoms with van der Waals surface area (Å²) in [5, 5.41) is 14.5. The van der Waals surface area contributed by atoms with E-state index >= 15 is 0 Å². The minimum absolute atomic E-state index is 0.160. The van der Waals surface area contributed by atoms with Gasteiger partial charge in [0, 0.05) is 10.9 Å². The number of nitrogens with one attached hydrogen (secondary N) is 1. The van der Waals surface area contributed by atoms with Gasteiger partial charge in [0.25, 0.3) is 0 Å². The number of hydrogen-bond donors (Lipinski definition) is 1. The summed E-state index contributed by atoms with van der Waals surface area (Å²) in [5.74, 6) is 0.329. The Morgan fingerprint density at radius 1 is 1.13 bits per heavy atom. The standard InChI is InChI=1S/C21H18FN5OS2/c1-14-12-29-20(23-14)24-18(28)13-30-21-26-25-19(16-7-9-17(22)10-8-16)27(21)11-15-5-3-2-4-6-15/h2-10,12H,11,13H2,1H3,(H,23,24,28). The van der Waals surface area contributed by atoms with Gasteiger partial charge in [-0.3, -0.25) is 9.36 Å². The molecule has 0 aliphatic carbocycles. The molecular weight excluding hydrogens is 421 g/mol. The summed E-state index contributed by atoms with van der Waals surface area (Å²) in [6.07, 6.45) is 0. The van der Waals surface area contributed by atoms with Crippen LogP contribution in [0.25, 0.3) is 11.4 Å². The van der Waals surface area contributed by atoms with Crippen LogP contribution in [0.4, 0.5) is 9.52 Å². The van der Waals surface area contributed by atoms with Crippen LogP contribution in [-0.2, 0) is 11.3 Å². The van der Waals surface area contributed by atoms with Crippen LogP contribution in [-0.4, -0.2) is 31.4 Å². The smallest absolute Gasteiger partial charge is 0.236 e. The summed E-state index contributed by atoms with van der Waals surface area (Å²) in [4.78, 5) is 16.6. The number of halogens is 1. The number of thiazole rings is 1. The Morgan fingerprint density at radius 2 is 1.90 bits per heavy atom. The third kappa shape index (κ3) is 4.92. The Labute approximate surface area is 181 Å². The topological polar surface area (TPSA) is 72.7 Å². The molecule has 0 saturated carbocycles. The van der Waals surface area contributed by atoms with E-state index in [0.717, 1.165) is 16.8 Å². The van der Waals surface area contributed by atoms with Crippen molar-refractivity contribution in [2.45, 2.75) is 18.6 Å². The van der Waals surface area contributed by atoms with Gasteiger partial charge in [-0.25, -0.2) is 9.37 Å². The van der Waals surface area contributed by atoms with Gasteiger partial charge >= 0.3 is 0 Å². The largest absolute Gasteiger partial charge is 0.301 e. The van der Waals surface area contributed by atoms with Crippen molar-refractivity contribution in [3.63, 3.8) is 0 Å². The third-order valence-electron chi connectivity index (χ3n) is 4.20. The minimum atomic E-state index is -0.309. The predicted molar refractivity (Wildman–Crippen MR) is 117 cm³/mol. The maximum Gasteiger partial charge on any atom is 0.236 e. The van der Waals surface area contributed by atoms with Crippen LogP contribution in [0.5, 0.6) is 0 Å². The number of hydrogen-bond acceptors (Lipinski definition) is 6. The average Bonchev–Trinajstić information content (AvgIpc) is 3.34. The van der Waals surface area contributed by atoms with Crippen LogP contribution >= 0.6 is 23.1 Å². The molecule has 1 N–H and O–H groups in total. The number of rotatable bonds is 7. The molecule has 0 aliphatic rings. The van der Waals surface area contributed by atoms with Crippen molar-refractivity contribution in [1.82, 2.24) is 19.7 Å². The number of amides is 1. The second-order valence-electron chi connectivity index (χ2n) is 6.52. The van der Waals surface area contributed by atoms with E-state index in [2.05, 4.69) is 20.5 Å². The van der Waals surface area contributed by atoms with Crippen molar-refractivity contribution in [2.75, 3.05) is 11.1 Å². The molecule has 0 atom stereocenters. The van der Waals surface area contributed by atoms with Crippen LogP contribution in [0, 0.1) is 12.7 Å². The number of carbonyl (C=O) groups excluding carboxylic acids is 1. The molecular formula is C21H18FN5OS2. The lowest BCUT2D eigenvalue weighted by Crippen LogP contribution is -2.14. The zero-order chi connectivity index (χ0) is 20.9. The molecule has 9 heteroatoms. The first-order valence-corrected chi connectivity index (χ1v) is 11.0. The SMILES string of the molecule is Cc1csc(NC(=O)CSc2nnc(-c3ccc(F)cc3)n2Cc2ccccc2)n1. The highest BCUT2D eigenvalue weighted by molar-refractivity contribution is 7.99. The summed E-state index contributed by atoms with van der Waals surface area (Å²) in [6.45, 7) is 2.42. The lowest BCUT2D eigenvalue weighted by Gasteiger charge is -2.10. The van der Waals surface area contributed by atoms with Gasteiger partial charge < -0.3 is 5.32 Å². The van der Waals surface area contributed by atoms with Gasteiger partial charge in [0.2, 0.25) is 5.91 Å². The highest BCUT2D eigenvalue weighted by atomic mass is 32.2. The van der Waals surface area contributed by atoms with E-state index < -0.39 is 0 Å². The highest BCUT2D eigenvalue weighted by Crippen LogP contribution is 2.26. The zero-order valence-electron chi connectivity index (χ0n) is 16.1. The lowest BCUT2D eigenvalue weighted by atomic mass is 10.2. The van der Waals surface area contributed by atoms with E-state index in [1.807, 2.05) is 47.2 Å². The van der Waals surface area contributed by atoms with Gasteiger partial charge in [-0.15, -0.1) is 21.5 Å². The lowest BCUT2D eigenvalue weighted by molar-refractivity contribution is -0.113. The number of thioether (sulfide) groups is 1. The van der Waals surface area contributed by atoms with Gasteiger partial charge in [0.1, 0.15) is 5.82 Å². The van der Waals surface area contributed by atoms with Crippen LogP contribution in [0.2, 0.25) is 0 Å². The van der Waals surface area contributed by atoms with E-state index in [9.17, 15) is 9.18 Å². The molecule has 2 aromatic carbocycles. The van der Waals surface area contributed by atoms with Crippen molar-refractivity contribution in [1.29, 1.82) is 0 Å². The molecule has 1 amide bonds. The van der Waals surface area contributed by atoms with Gasteiger partial charge in [0.05, 0.1) is 18.0 Å². The molecule has 30 heavy (non-hydrogen) atoms. The maximum absolute atomic E-state index is 13.3. The van der Waals surface area contributed by atoms with E-state index in [1.54, 1.807) is 12.1 Å². The second kappa shape index (κ2) is 9.19. The molecule has 0 spiro atoms. The van der Waals surface area contributed by atoms with Gasteiger partial charge in [-0.2, -0.15) is 0 Å². The quantitative estimate of drug-likeness (QED) is 0.425. The molecule has 4 rings (SSSR count). The summed E-state index contributed by atoms with van der Waals surface area (Å²) >= 11 is 2.69. The molecule has 6 nitrogen and oxygen atoms in total. The first kappa shape index (κ1) is 20.2. The molecule has 4 aromatic rings. The van der Waals surface area contributed by atoms with Crippen LogP contribution < -0.4 is 5.32 Å². The van der Waals surface area contributed by atoms with Crippen molar-refractivity contribution < 1.29 is 9.18 Å². The number of aryl methyl sites for hydroxylation is 1. The summed E-state index contributed by atoms with van der Waals surface area (Å²) < 4.78 is 15.3. The molecule has 152 valence electrons. The first-order chi connectivity index (χ1) is 14.6. The Hall–Kier alpha value is -3.04. The Bertz CT molecular complexity index is 1140.